The highest BCUT2D eigenvalue weighted by atomic mass is 16.5. The van der Waals surface area contributed by atoms with Gasteiger partial charge in [0.25, 0.3) is 5.89 Å². The van der Waals surface area contributed by atoms with E-state index in [1.165, 1.54) is 0 Å². The van der Waals surface area contributed by atoms with E-state index in [0.717, 1.165) is 17.5 Å². The second-order valence-corrected chi connectivity index (χ2v) is 4.35. The molecule has 7 heteroatoms. The zero-order valence-electron chi connectivity index (χ0n) is 10.5. The molecule has 3 aromatic heterocycles. The van der Waals surface area contributed by atoms with Gasteiger partial charge in [-0.1, -0.05) is 12.1 Å². The van der Waals surface area contributed by atoms with Crippen molar-refractivity contribution in [1.29, 1.82) is 0 Å². The molecule has 1 atom stereocenters. The van der Waals surface area contributed by atoms with Gasteiger partial charge in [-0.05, 0) is 6.42 Å². The smallest absolute Gasteiger partial charge is 0.261 e. The first-order valence-corrected chi connectivity index (χ1v) is 6.14. The van der Waals surface area contributed by atoms with Crippen molar-refractivity contribution in [2.45, 2.75) is 25.8 Å². The average Bonchev–Trinajstić information content (AvgIpc) is 3.04. The molecule has 0 fully saturated rings. The molecule has 0 bridgehead atoms. The van der Waals surface area contributed by atoms with Crippen LogP contribution < -0.4 is 5.73 Å². The van der Waals surface area contributed by atoms with Crippen molar-refractivity contribution in [3.8, 4) is 11.5 Å². The maximum absolute atomic E-state index is 5.88. The van der Waals surface area contributed by atoms with E-state index >= 15 is 0 Å². The summed E-state index contributed by atoms with van der Waals surface area (Å²) in [5.74, 6) is 1.06. The van der Waals surface area contributed by atoms with Crippen molar-refractivity contribution >= 4 is 5.52 Å². The van der Waals surface area contributed by atoms with E-state index in [9.17, 15) is 0 Å². The zero-order chi connectivity index (χ0) is 13.2. The molecule has 0 aromatic carbocycles. The van der Waals surface area contributed by atoms with Gasteiger partial charge in [-0.25, -0.2) is 4.52 Å². The highest BCUT2D eigenvalue weighted by Gasteiger charge is 2.15. The van der Waals surface area contributed by atoms with E-state index in [2.05, 4.69) is 20.2 Å². The predicted molar refractivity (Wildman–Crippen MR) is 68.2 cm³/mol. The maximum Gasteiger partial charge on any atom is 0.261 e. The van der Waals surface area contributed by atoms with Gasteiger partial charge >= 0.3 is 0 Å². The van der Waals surface area contributed by atoms with Crippen LogP contribution in [-0.4, -0.2) is 30.8 Å². The van der Waals surface area contributed by atoms with Crippen LogP contribution in [0, 0.1) is 0 Å². The van der Waals surface area contributed by atoms with Crippen molar-refractivity contribution in [1.82, 2.24) is 24.7 Å². The third kappa shape index (κ3) is 2.19. The third-order valence-electron chi connectivity index (χ3n) is 2.99. The van der Waals surface area contributed by atoms with Gasteiger partial charge < -0.3 is 10.3 Å². The molecule has 0 radical (unpaired) electrons. The second kappa shape index (κ2) is 4.77. The Bertz CT molecular complexity index is 688. The number of rotatable bonds is 4. The van der Waals surface area contributed by atoms with Crippen LogP contribution in [0.5, 0.6) is 0 Å². The van der Waals surface area contributed by atoms with E-state index in [1.54, 1.807) is 29.3 Å². The lowest BCUT2D eigenvalue weighted by molar-refractivity contribution is 0.419. The molecule has 3 aromatic rings. The van der Waals surface area contributed by atoms with E-state index in [4.69, 9.17) is 10.3 Å². The minimum atomic E-state index is 0.0519. The zero-order valence-corrected chi connectivity index (χ0v) is 10.5. The Balaban J connectivity index is 1.94. The third-order valence-corrected chi connectivity index (χ3v) is 2.99. The molecule has 0 saturated heterocycles. The first-order valence-electron chi connectivity index (χ1n) is 6.14. The van der Waals surface area contributed by atoms with Crippen LogP contribution in [-0.2, 0) is 6.42 Å². The lowest BCUT2D eigenvalue weighted by atomic mass is 10.2. The summed E-state index contributed by atoms with van der Waals surface area (Å²) in [5, 5.41) is 8.15. The Labute approximate surface area is 109 Å². The average molecular weight is 258 g/mol. The number of hydrogen-bond donors (Lipinski definition) is 1. The standard InChI is InChI=1S/C12H14N6O/c1-2-8(13)5-11-16-12(19-17-11)9-6-15-18-4-3-14-7-10(9)18/h3-4,6-8H,2,5,13H2,1H3. The molecule has 3 rings (SSSR count). The van der Waals surface area contributed by atoms with Crippen molar-refractivity contribution in [2.75, 3.05) is 0 Å². The number of nitrogens with two attached hydrogens (primary N) is 1. The van der Waals surface area contributed by atoms with E-state index in [-0.39, 0.29) is 6.04 Å². The fourth-order valence-electron chi connectivity index (χ4n) is 1.82. The van der Waals surface area contributed by atoms with Crippen LogP contribution in [0.3, 0.4) is 0 Å². The fraction of sp³-hybridized carbons (Fsp3) is 0.333. The molecule has 2 N–H and O–H groups in total. The van der Waals surface area contributed by atoms with Crippen molar-refractivity contribution in [3.05, 3.63) is 30.6 Å². The largest absolute Gasteiger partial charge is 0.334 e. The van der Waals surface area contributed by atoms with Crippen LogP contribution in [0.4, 0.5) is 0 Å². The van der Waals surface area contributed by atoms with Gasteiger partial charge in [-0.15, -0.1) is 0 Å². The number of aromatic nitrogens is 5. The van der Waals surface area contributed by atoms with Gasteiger partial charge in [0, 0.05) is 24.9 Å². The Hall–Kier alpha value is -2.28. The summed E-state index contributed by atoms with van der Waals surface area (Å²) in [4.78, 5) is 8.42. The van der Waals surface area contributed by atoms with Crippen LogP contribution in [0.15, 0.2) is 29.3 Å². The summed E-state index contributed by atoms with van der Waals surface area (Å²) < 4.78 is 6.98. The number of fused-ring (bicyclic) bond motifs is 1. The summed E-state index contributed by atoms with van der Waals surface area (Å²) in [7, 11) is 0. The highest BCUT2D eigenvalue weighted by molar-refractivity contribution is 5.73. The van der Waals surface area contributed by atoms with Crippen LogP contribution in [0.2, 0.25) is 0 Å². The molecule has 0 saturated carbocycles. The van der Waals surface area contributed by atoms with Gasteiger partial charge in [0.2, 0.25) is 0 Å². The Kier molecular flexibility index (Phi) is 2.96. The Morgan fingerprint density at radius 2 is 2.32 bits per heavy atom. The van der Waals surface area contributed by atoms with Gasteiger partial charge in [0.15, 0.2) is 5.82 Å². The summed E-state index contributed by atoms with van der Waals surface area (Å²) in [6.45, 7) is 2.03. The molecule has 98 valence electrons. The van der Waals surface area contributed by atoms with Crippen molar-refractivity contribution < 1.29 is 4.52 Å². The van der Waals surface area contributed by atoms with E-state index in [1.807, 2.05) is 6.92 Å². The van der Waals surface area contributed by atoms with Gasteiger partial charge in [-0.3, -0.25) is 4.98 Å². The SMILES string of the molecule is CCC(N)Cc1noc(-c2cnn3ccncc23)n1. The molecule has 7 nitrogen and oxygen atoms in total. The lowest BCUT2D eigenvalue weighted by Crippen LogP contribution is -2.21. The molecule has 0 aliphatic rings. The normalized spacial score (nSPS) is 12.9. The number of nitrogens with zero attached hydrogens (tertiary/aromatic N) is 5. The number of hydrogen-bond acceptors (Lipinski definition) is 6. The van der Waals surface area contributed by atoms with Gasteiger partial charge in [0.05, 0.1) is 23.5 Å². The minimum absolute atomic E-state index is 0.0519. The summed E-state index contributed by atoms with van der Waals surface area (Å²) in [6, 6.07) is 0.0519. The van der Waals surface area contributed by atoms with E-state index < -0.39 is 0 Å². The molecule has 0 amide bonds. The van der Waals surface area contributed by atoms with Gasteiger partial charge in [0.1, 0.15) is 0 Å². The molecule has 0 aliphatic heterocycles. The minimum Gasteiger partial charge on any atom is -0.334 e. The monoisotopic (exact) mass is 258 g/mol. The van der Waals surface area contributed by atoms with E-state index in [0.29, 0.717) is 18.1 Å². The quantitative estimate of drug-likeness (QED) is 0.751. The highest BCUT2D eigenvalue weighted by Crippen LogP contribution is 2.22. The fourth-order valence-corrected chi connectivity index (χ4v) is 1.82. The molecule has 19 heavy (non-hydrogen) atoms. The first-order chi connectivity index (χ1) is 9.28. The summed E-state index contributed by atoms with van der Waals surface area (Å²) in [5.41, 5.74) is 7.48. The molecular weight excluding hydrogens is 244 g/mol. The molecule has 1 unspecified atom stereocenters. The van der Waals surface area contributed by atoms with Crippen LogP contribution >= 0.6 is 0 Å². The molecule has 3 heterocycles. The first kappa shape index (κ1) is 11.8. The molecular formula is C12H14N6O. The van der Waals surface area contributed by atoms with Crippen molar-refractivity contribution in [2.24, 2.45) is 5.73 Å². The lowest BCUT2D eigenvalue weighted by Gasteiger charge is -2.02. The Morgan fingerprint density at radius 3 is 3.16 bits per heavy atom. The predicted octanol–water partition coefficient (Wildman–Crippen LogP) is 1.06. The Morgan fingerprint density at radius 1 is 1.42 bits per heavy atom. The summed E-state index contributed by atoms with van der Waals surface area (Å²) >= 11 is 0. The molecule has 0 aliphatic carbocycles. The molecule has 0 spiro atoms. The second-order valence-electron chi connectivity index (χ2n) is 4.35. The summed E-state index contributed by atoms with van der Waals surface area (Å²) in [6.07, 6.45) is 8.33. The van der Waals surface area contributed by atoms with Crippen LogP contribution in [0.1, 0.15) is 19.2 Å². The van der Waals surface area contributed by atoms with Crippen molar-refractivity contribution in [3.63, 3.8) is 0 Å². The van der Waals surface area contributed by atoms with Gasteiger partial charge in [-0.2, -0.15) is 10.1 Å². The maximum atomic E-state index is 5.88. The topological polar surface area (TPSA) is 95.1 Å². The van der Waals surface area contributed by atoms with Crippen LogP contribution in [0.25, 0.3) is 17.0 Å².